The van der Waals surface area contributed by atoms with Crippen LogP contribution in [0.1, 0.15) is 5.69 Å². The van der Waals surface area contributed by atoms with Crippen molar-refractivity contribution < 1.29 is 0 Å². The van der Waals surface area contributed by atoms with Gasteiger partial charge in [0.05, 0.1) is 17.5 Å². The van der Waals surface area contributed by atoms with Crippen LogP contribution in [0.4, 0.5) is 0 Å². The van der Waals surface area contributed by atoms with Gasteiger partial charge in [0, 0.05) is 17.2 Å². The molecule has 0 aliphatic heterocycles. The third-order valence-electron chi connectivity index (χ3n) is 1.92. The van der Waals surface area contributed by atoms with E-state index in [4.69, 9.17) is 0 Å². The van der Waals surface area contributed by atoms with Gasteiger partial charge in [0.1, 0.15) is 0 Å². The van der Waals surface area contributed by atoms with E-state index in [0.717, 1.165) is 22.2 Å². The average Bonchev–Trinajstić information content (AvgIpc) is 2.49. The van der Waals surface area contributed by atoms with Crippen LogP contribution in [0, 0.1) is 0 Å². The van der Waals surface area contributed by atoms with Gasteiger partial charge in [-0.15, -0.1) is 0 Å². The predicted molar refractivity (Wildman–Crippen MR) is 55.7 cm³/mol. The number of fused-ring (bicyclic) bond motifs is 1. The SMILES string of the molecule is CNCc1ncn2cc(Br)ccc12. The van der Waals surface area contributed by atoms with Gasteiger partial charge in [-0.2, -0.15) is 0 Å². The molecular weight excluding hydrogens is 230 g/mol. The summed E-state index contributed by atoms with van der Waals surface area (Å²) in [6, 6.07) is 4.08. The van der Waals surface area contributed by atoms with Crippen LogP contribution in [0.2, 0.25) is 0 Å². The van der Waals surface area contributed by atoms with Gasteiger partial charge in [-0.3, -0.25) is 0 Å². The normalized spacial score (nSPS) is 10.9. The molecule has 0 aromatic carbocycles. The zero-order valence-corrected chi connectivity index (χ0v) is 8.87. The molecule has 2 rings (SSSR count). The molecule has 0 saturated heterocycles. The summed E-state index contributed by atoms with van der Waals surface area (Å²) in [6.07, 6.45) is 3.83. The van der Waals surface area contributed by atoms with Crippen LogP contribution in [-0.2, 0) is 6.54 Å². The van der Waals surface area contributed by atoms with Gasteiger partial charge in [-0.1, -0.05) is 0 Å². The first kappa shape index (κ1) is 8.72. The number of aromatic nitrogens is 2. The van der Waals surface area contributed by atoms with Gasteiger partial charge in [0.25, 0.3) is 0 Å². The monoisotopic (exact) mass is 239 g/mol. The van der Waals surface area contributed by atoms with Crippen LogP contribution in [-0.4, -0.2) is 16.4 Å². The smallest absolute Gasteiger partial charge is 0.0996 e. The van der Waals surface area contributed by atoms with Crippen LogP contribution in [0.25, 0.3) is 5.52 Å². The molecule has 0 amide bonds. The quantitative estimate of drug-likeness (QED) is 0.867. The lowest BCUT2D eigenvalue weighted by Gasteiger charge is -1.97. The molecule has 0 atom stereocenters. The molecule has 0 aliphatic rings. The second-order valence-electron chi connectivity index (χ2n) is 2.86. The minimum absolute atomic E-state index is 0.804. The molecule has 4 heteroatoms. The van der Waals surface area contributed by atoms with E-state index in [2.05, 4.69) is 32.3 Å². The molecular formula is C9H10BrN3. The topological polar surface area (TPSA) is 29.3 Å². The Kier molecular flexibility index (Phi) is 2.33. The number of imidazole rings is 1. The molecule has 0 radical (unpaired) electrons. The lowest BCUT2D eigenvalue weighted by molar-refractivity contribution is 0.802. The summed E-state index contributed by atoms with van der Waals surface area (Å²) in [5.74, 6) is 0. The maximum atomic E-state index is 4.31. The van der Waals surface area contributed by atoms with Gasteiger partial charge in [-0.05, 0) is 35.1 Å². The first-order valence-electron chi connectivity index (χ1n) is 4.07. The van der Waals surface area contributed by atoms with Crippen molar-refractivity contribution in [1.29, 1.82) is 0 Å². The van der Waals surface area contributed by atoms with Gasteiger partial charge < -0.3 is 9.72 Å². The van der Waals surface area contributed by atoms with Gasteiger partial charge in [0.2, 0.25) is 0 Å². The average molecular weight is 240 g/mol. The fourth-order valence-corrected chi connectivity index (χ4v) is 1.69. The summed E-state index contributed by atoms with van der Waals surface area (Å²) < 4.78 is 3.07. The third kappa shape index (κ3) is 1.59. The minimum Gasteiger partial charge on any atom is -0.314 e. The molecule has 0 saturated carbocycles. The summed E-state index contributed by atoms with van der Waals surface area (Å²) in [7, 11) is 1.92. The molecule has 0 bridgehead atoms. The van der Waals surface area contributed by atoms with Crippen LogP contribution in [0.5, 0.6) is 0 Å². The predicted octanol–water partition coefficient (Wildman–Crippen LogP) is 1.82. The lowest BCUT2D eigenvalue weighted by atomic mass is 10.3. The molecule has 0 unspecified atom stereocenters. The Labute approximate surface area is 84.9 Å². The van der Waals surface area contributed by atoms with E-state index in [1.165, 1.54) is 0 Å². The Morgan fingerprint density at radius 1 is 1.54 bits per heavy atom. The summed E-state index contributed by atoms with van der Waals surface area (Å²) in [4.78, 5) is 4.31. The minimum atomic E-state index is 0.804. The van der Waals surface area contributed by atoms with E-state index in [9.17, 15) is 0 Å². The Balaban J connectivity index is 2.55. The highest BCUT2D eigenvalue weighted by atomic mass is 79.9. The molecule has 0 fully saturated rings. The van der Waals surface area contributed by atoms with Crippen molar-refractivity contribution >= 4 is 21.4 Å². The van der Waals surface area contributed by atoms with E-state index >= 15 is 0 Å². The van der Waals surface area contributed by atoms with Crippen molar-refractivity contribution in [3.05, 3.63) is 34.8 Å². The highest BCUT2D eigenvalue weighted by Gasteiger charge is 2.02. The lowest BCUT2D eigenvalue weighted by Crippen LogP contribution is -2.05. The molecule has 3 nitrogen and oxygen atoms in total. The number of hydrogen-bond acceptors (Lipinski definition) is 2. The van der Waals surface area contributed by atoms with Gasteiger partial charge in [-0.25, -0.2) is 4.98 Å². The Bertz CT molecular complexity index is 422. The second-order valence-corrected chi connectivity index (χ2v) is 3.78. The fourth-order valence-electron chi connectivity index (χ4n) is 1.33. The van der Waals surface area contributed by atoms with E-state index < -0.39 is 0 Å². The first-order chi connectivity index (χ1) is 6.31. The van der Waals surface area contributed by atoms with Gasteiger partial charge >= 0.3 is 0 Å². The summed E-state index contributed by atoms with van der Waals surface area (Å²) >= 11 is 3.42. The van der Waals surface area contributed by atoms with Crippen LogP contribution in [0.15, 0.2) is 29.1 Å². The summed E-state index contributed by atoms with van der Waals surface area (Å²) in [5.41, 5.74) is 2.23. The number of nitrogens with zero attached hydrogens (tertiary/aromatic N) is 2. The van der Waals surface area contributed by atoms with E-state index in [1.54, 1.807) is 0 Å². The summed E-state index contributed by atoms with van der Waals surface area (Å²) in [5, 5.41) is 3.09. The molecule has 1 N–H and O–H groups in total. The van der Waals surface area contributed by atoms with Crippen LogP contribution in [0.3, 0.4) is 0 Å². The van der Waals surface area contributed by atoms with E-state index in [0.29, 0.717) is 0 Å². The number of hydrogen-bond donors (Lipinski definition) is 1. The Morgan fingerprint density at radius 3 is 3.15 bits per heavy atom. The van der Waals surface area contributed by atoms with Crippen molar-refractivity contribution in [2.24, 2.45) is 0 Å². The largest absolute Gasteiger partial charge is 0.314 e. The van der Waals surface area contributed by atoms with Crippen molar-refractivity contribution in [1.82, 2.24) is 14.7 Å². The number of pyridine rings is 1. The molecule has 0 aliphatic carbocycles. The maximum Gasteiger partial charge on any atom is 0.0996 e. The standard InChI is InChI=1S/C9H10BrN3/c1-11-4-8-9-3-2-7(10)5-13(9)6-12-8/h2-3,5-6,11H,4H2,1H3. The van der Waals surface area contributed by atoms with E-state index in [-0.39, 0.29) is 0 Å². The zero-order valence-electron chi connectivity index (χ0n) is 7.29. The first-order valence-corrected chi connectivity index (χ1v) is 4.86. The number of nitrogens with one attached hydrogen (secondary N) is 1. The number of rotatable bonds is 2. The third-order valence-corrected chi connectivity index (χ3v) is 2.39. The number of halogens is 1. The molecule has 2 aromatic rings. The highest BCUT2D eigenvalue weighted by Crippen LogP contribution is 2.14. The Hall–Kier alpha value is -0.870. The molecule has 2 heterocycles. The van der Waals surface area contributed by atoms with Crippen molar-refractivity contribution in [2.75, 3.05) is 7.05 Å². The van der Waals surface area contributed by atoms with Crippen molar-refractivity contribution in [3.8, 4) is 0 Å². The molecule has 68 valence electrons. The van der Waals surface area contributed by atoms with Gasteiger partial charge in [0.15, 0.2) is 0 Å². The fraction of sp³-hybridized carbons (Fsp3) is 0.222. The zero-order chi connectivity index (χ0) is 9.26. The molecule has 0 spiro atoms. The van der Waals surface area contributed by atoms with Crippen molar-refractivity contribution in [3.63, 3.8) is 0 Å². The molecule has 13 heavy (non-hydrogen) atoms. The highest BCUT2D eigenvalue weighted by molar-refractivity contribution is 9.10. The van der Waals surface area contributed by atoms with E-state index in [1.807, 2.05) is 30.0 Å². The Morgan fingerprint density at radius 2 is 2.38 bits per heavy atom. The van der Waals surface area contributed by atoms with Crippen LogP contribution < -0.4 is 5.32 Å². The van der Waals surface area contributed by atoms with Crippen molar-refractivity contribution in [2.45, 2.75) is 6.54 Å². The summed E-state index contributed by atoms with van der Waals surface area (Å²) in [6.45, 7) is 0.804. The second kappa shape index (κ2) is 3.47. The maximum absolute atomic E-state index is 4.31. The van der Waals surface area contributed by atoms with Crippen LogP contribution >= 0.6 is 15.9 Å². The molecule has 2 aromatic heterocycles.